The molecule has 1 aliphatic rings. The van der Waals surface area contributed by atoms with Crippen LogP contribution >= 0.6 is 11.8 Å². The topological polar surface area (TPSA) is 42.3 Å². The minimum Gasteiger partial charge on any atom is -0.259 e. The first kappa shape index (κ1) is 10.4. The molecule has 0 aromatic carbocycles. The summed E-state index contributed by atoms with van der Waals surface area (Å²) in [6.45, 7) is 0. The third-order valence-electron chi connectivity index (χ3n) is 2.52. The van der Waals surface area contributed by atoms with E-state index in [1.165, 1.54) is 24.7 Å². The van der Waals surface area contributed by atoms with Gasteiger partial charge in [-0.2, -0.15) is 16.8 Å². The zero-order valence-corrected chi connectivity index (χ0v) is 9.17. The monoisotopic (exact) mass is 220 g/mol. The summed E-state index contributed by atoms with van der Waals surface area (Å²) < 4.78 is 0. The minimum atomic E-state index is 0.568. The van der Waals surface area contributed by atoms with E-state index in [4.69, 9.17) is 0 Å². The van der Waals surface area contributed by atoms with Crippen LogP contribution in [0.3, 0.4) is 0 Å². The van der Waals surface area contributed by atoms with Gasteiger partial charge >= 0.3 is 0 Å². The van der Waals surface area contributed by atoms with Crippen LogP contribution in [0, 0.1) is 0 Å². The Morgan fingerprint density at radius 1 is 1.53 bits per heavy atom. The van der Waals surface area contributed by atoms with Crippen molar-refractivity contribution < 1.29 is 4.79 Å². The first-order valence-corrected chi connectivity index (χ1v) is 6.17. The predicted molar refractivity (Wildman–Crippen MR) is 61.3 cm³/mol. The van der Waals surface area contributed by atoms with Gasteiger partial charge in [0.1, 0.15) is 0 Å². The van der Waals surface area contributed by atoms with Gasteiger partial charge in [0.05, 0.1) is 11.9 Å². The third-order valence-corrected chi connectivity index (χ3v) is 3.74. The molecule has 15 heavy (non-hydrogen) atoms. The lowest BCUT2D eigenvalue weighted by Crippen LogP contribution is -2.09. The summed E-state index contributed by atoms with van der Waals surface area (Å²) in [6, 6.07) is 3.79. The van der Waals surface area contributed by atoms with Crippen LogP contribution in [0.15, 0.2) is 23.3 Å². The molecule has 78 valence electrons. The van der Waals surface area contributed by atoms with Crippen molar-refractivity contribution >= 4 is 23.5 Å². The number of isocyanates is 1. The molecule has 1 unspecified atom stereocenters. The number of nitrogens with zero attached hydrogens (tertiary/aromatic N) is 2. The fraction of sp³-hybridized carbons (Fsp3) is 0.455. The third kappa shape index (κ3) is 2.67. The average Bonchev–Trinajstić information content (AvgIpc) is 2.32. The lowest BCUT2D eigenvalue weighted by molar-refractivity contribution is 0.565. The van der Waals surface area contributed by atoms with Gasteiger partial charge in [-0.3, -0.25) is 4.98 Å². The molecule has 0 spiro atoms. The molecule has 4 heteroatoms. The Bertz CT molecular complexity index is 365. The smallest absolute Gasteiger partial charge is 0.240 e. The van der Waals surface area contributed by atoms with Gasteiger partial charge < -0.3 is 0 Å². The Balaban J connectivity index is 2.11. The number of carbonyl (C=O) groups excluding carboxylic acids is 1. The van der Waals surface area contributed by atoms with E-state index in [-0.39, 0.29) is 0 Å². The van der Waals surface area contributed by atoms with Gasteiger partial charge in [0.25, 0.3) is 0 Å². The maximum atomic E-state index is 10.0. The highest BCUT2D eigenvalue weighted by Gasteiger charge is 2.16. The van der Waals surface area contributed by atoms with Gasteiger partial charge in [-0.25, -0.2) is 4.79 Å². The Hall–Kier alpha value is -1.12. The molecule has 2 heterocycles. The minimum absolute atomic E-state index is 0.568. The second-order valence-corrected chi connectivity index (χ2v) is 4.71. The fourth-order valence-corrected chi connectivity index (χ4v) is 2.89. The van der Waals surface area contributed by atoms with Crippen LogP contribution in [0.5, 0.6) is 0 Å². The average molecular weight is 220 g/mol. The SMILES string of the molecule is O=C=Nc1ccc(C2CCCSC2)nc1. The second-order valence-electron chi connectivity index (χ2n) is 3.56. The van der Waals surface area contributed by atoms with Crippen molar-refractivity contribution in [1.82, 2.24) is 4.98 Å². The van der Waals surface area contributed by atoms with Crippen molar-refractivity contribution in [1.29, 1.82) is 0 Å². The summed E-state index contributed by atoms with van der Waals surface area (Å²) in [5.41, 5.74) is 1.70. The standard InChI is InChI=1S/C11H12N2OS/c14-8-13-10-3-4-11(12-6-10)9-2-1-5-15-7-9/h3-4,6,9H,1-2,5,7H2. The number of pyridine rings is 1. The van der Waals surface area contributed by atoms with Crippen molar-refractivity contribution in [3.05, 3.63) is 24.0 Å². The van der Waals surface area contributed by atoms with Crippen LogP contribution in [0.2, 0.25) is 0 Å². The summed E-state index contributed by atoms with van der Waals surface area (Å²) >= 11 is 1.99. The van der Waals surface area contributed by atoms with Gasteiger partial charge in [0, 0.05) is 17.4 Å². The van der Waals surface area contributed by atoms with Crippen LogP contribution < -0.4 is 0 Å². The van der Waals surface area contributed by atoms with Gasteiger partial charge in [-0.15, -0.1) is 0 Å². The Labute approximate surface area is 93.0 Å². The van der Waals surface area contributed by atoms with Gasteiger partial charge in [0.2, 0.25) is 6.08 Å². The van der Waals surface area contributed by atoms with E-state index in [1.54, 1.807) is 6.20 Å². The zero-order valence-electron chi connectivity index (χ0n) is 8.35. The Morgan fingerprint density at radius 2 is 2.47 bits per heavy atom. The molecule has 0 amide bonds. The molecule has 0 saturated carbocycles. The molecule has 0 radical (unpaired) electrons. The molecule has 1 saturated heterocycles. The second kappa shape index (κ2) is 5.10. The number of rotatable bonds is 2. The summed E-state index contributed by atoms with van der Waals surface area (Å²) in [4.78, 5) is 17.9. The molecule has 0 bridgehead atoms. The van der Waals surface area contributed by atoms with Crippen LogP contribution in [-0.2, 0) is 4.79 Å². The highest BCUT2D eigenvalue weighted by Crippen LogP contribution is 2.30. The van der Waals surface area contributed by atoms with E-state index in [9.17, 15) is 4.79 Å². The highest BCUT2D eigenvalue weighted by molar-refractivity contribution is 7.99. The number of hydrogen-bond acceptors (Lipinski definition) is 4. The molecule has 1 aromatic heterocycles. The molecule has 1 aromatic rings. The van der Waals surface area contributed by atoms with E-state index < -0.39 is 0 Å². The van der Waals surface area contributed by atoms with E-state index >= 15 is 0 Å². The molecule has 2 rings (SSSR count). The molecule has 0 aliphatic carbocycles. The molecular formula is C11H12N2OS. The first-order valence-electron chi connectivity index (χ1n) is 5.02. The van der Waals surface area contributed by atoms with E-state index in [0.29, 0.717) is 11.6 Å². The lowest BCUT2D eigenvalue weighted by Gasteiger charge is -2.20. The summed E-state index contributed by atoms with van der Waals surface area (Å²) in [5.74, 6) is 2.99. The number of aromatic nitrogens is 1. The summed E-state index contributed by atoms with van der Waals surface area (Å²) in [6.07, 6.45) is 5.64. The first-order chi connectivity index (χ1) is 7.40. The normalized spacial score (nSPS) is 20.7. The van der Waals surface area contributed by atoms with Crippen molar-refractivity contribution in [2.45, 2.75) is 18.8 Å². The Morgan fingerprint density at radius 3 is 3.07 bits per heavy atom. The molecule has 0 N–H and O–H groups in total. The van der Waals surface area contributed by atoms with Crippen LogP contribution in [0.1, 0.15) is 24.5 Å². The molecule has 1 atom stereocenters. The lowest BCUT2D eigenvalue weighted by atomic mass is 10.0. The number of thioether (sulfide) groups is 1. The van der Waals surface area contributed by atoms with Gasteiger partial charge in [0.15, 0.2) is 0 Å². The molecule has 3 nitrogen and oxygen atoms in total. The van der Waals surface area contributed by atoms with E-state index in [1.807, 2.05) is 23.9 Å². The van der Waals surface area contributed by atoms with Crippen molar-refractivity contribution in [3.8, 4) is 0 Å². The summed E-state index contributed by atoms with van der Waals surface area (Å²) in [7, 11) is 0. The van der Waals surface area contributed by atoms with Crippen molar-refractivity contribution in [2.24, 2.45) is 4.99 Å². The predicted octanol–water partition coefficient (Wildman–Crippen LogP) is 2.66. The van der Waals surface area contributed by atoms with E-state index in [0.717, 1.165) is 11.4 Å². The van der Waals surface area contributed by atoms with Gasteiger partial charge in [-0.05, 0) is 30.7 Å². The zero-order chi connectivity index (χ0) is 10.5. The largest absolute Gasteiger partial charge is 0.259 e. The molecule has 1 aliphatic heterocycles. The summed E-state index contributed by atoms with van der Waals surface area (Å²) in [5, 5.41) is 0. The number of aliphatic imine (C=N–C) groups is 1. The van der Waals surface area contributed by atoms with Crippen LogP contribution in [0.25, 0.3) is 0 Å². The fourth-order valence-electron chi connectivity index (χ4n) is 1.73. The van der Waals surface area contributed by atoms with Gasteiger partial charge in [-0.1, -0.05) is 0 Å². The maximum absolute atomic E-state index is 10.0. The van der Waals surface area contributed by atoms with Crippen molar-refractivity contribution in [3.63, 3.8) is 0 Å². The molecule has 1 fully saturated rings. The van der Waals surface area contributed by atoms with Crippen molar-refractivity contribution in [2.75, 3.05) is 11.5 Å². The van der Waals surface area contributed by atoms with Crippen LogP contribution in [0.4, 0.5) is 5.69 Å². The van der Waals surface area contributed by atoms with E-state index in [2.05, 4.69) is 9.98 Å². The maximum Gasteiger partial charge on any atom is 0.240 e. The Kier molecular flexibility index (Phi) is 3.54. The quantitative estimate of drug-likeness (QED) is 0.568. The van der Waals surface area contributed by atoms with Crippen LogP contribution in [-0.4, -0.2) is 22.6 Å². The number of hydrogen-bond donors (Lipinski definition) is 0. The molecular weight excluding hydrogens is 208 g/mol. The highest BCUT2D eigenvalue weighted by atomic mass is 32.2.